The molecule has 2 heterocycles. The summed E-state index contributed by atoms with van der Waals surface area (Å²) in [5.74, 6) is 0.0966. The Morgan fingerprint density at radius 1 is 1.11 bits per heavy atom. The third-order valence-corrected chi connectivity index (χ3v) is 8.84. The van der Waals surface area contributed by atoms with Crippen LogP contribution in [0.25, 0.3) is 17.1 Å². The van der Waals surface area contributed by atoms with Crippen molar-refractivity contribution in [3.63, 3.8) is 0 Å². The minimum Gasteiger partial charge on any atom is -0.406 e. The van der Waals surface area contributed by atoms with Crippen LogP contribution >= 0.6 is 11.8 Å². The van der Waals surface area contributed by atoms with Gasteiger partial charge in [0, 0.05) is 11.6 Å². The number of Topliss-reactive ketones (excluding diaryl/α,β-unsaturated/α-hetero) is 1. The normalized spacial score (nSPS) is 16.4. The zero-order chi connectivity index (χ0) is 33.6. The summed E-state index contributed by atoms with van der Waals surface area (Å²) in [5, 5.41) is 7.98. The standard InChI is InChI=1S/C35H36F3N5O3S/c1-4-6-25-12-9-22(2)19-29(25)31-30(44)20-47-33(31)41-34(45)40-23(3)7-5-8-24-10-13-26(14-11-24)32-39-21-43(42-32)27-15-17-28(18-16-27)46-35(36,37)38/h9-19,21,23,31H,4-8,20H2,1-3H3,(H,40,45). The number of aliphatic imine (C=N–C) groups is 1. The number of ether oxygens (including phenoxy) is 1. The molecule has 5 rings (SSSR count). The predicted octanol–water partition coefficient (Wildman–Crippen LogP) is 8.01. The van der Waals surface area contributed by atoms with Crippen molar-refractivity contribution in [1.82, 2.24) is 20.1 Å². The van der Waals surface area contributed by atoms with E-state index in [0.717, 1.165) is 59.9 Å². The number of aromatic nitrogens is 3. The number of thioether (sulfide) groups is 1. The second-order valence-corrected chi connectivity index (χ2v) is 12.6. The van der Waals surface area contributed by atoms with Crippen molar-refractivity contribution in [1.29, 1.82) is 0 Å². The van der Waals surface area contributed by atoms with Gasteiger partial charge in [-0.3, -0.25) is 4.79 Å². The van der Waals surface area contributed by atoms with Crippen LogP contribution in [0, 0.1) is 6.92 Å². The summed E-state index contributed by atoms with van der Waals surface area (Å²) in [6.07, 6.45) is 0.996. The highest BCUT2D eigenvalue weighted by atomic mass is 32.2. The predicted molar refractivity (Wildman–Crippen MR) is 177 cm³/mol. The molecule has 47 heavy (non-hydrogen) atoms. The highest BCUT2D eigenvalue weighted by molar-refractivity contribution is 8.15. The van der Waals surface area contributed by atoms with Crippen LogP contribution in [0.1, 0.15) is 61.3 Å². The van der Waals surface area contributed by atoms with E-state index >= 15 is 0 Å². The quantitative estimate of drug-likeness (QED) is 0.175. The molecule has 0 aliphatic carbocycles. The SMILES string of the molecule is CCCc1ccc(C)cc1C1C(=O)CSC1=NC(=O)NC(C)CCCc1ccc(-c2ncn(-c3ccc(OC(F)(F)F)cc3)n2)cc1. The third kappa shape index (κ3) is 9.09. The minimum atomic E-state index is -4.75. The van der Waals surface area contributed by atoms with Crippen LogP contribution in [0.4, 0.5) is 18.0 Å². The second kappa shape index (κ2) is 15.0. The molecule has 1 N–H and O–H groups in total. The van der Waals surface area contributed by atoms with Crippen molar-refractivity contribution in [2.24, 2.45) is 4.99 Å². The number of alkyl halides is 3. The number of carbonyl (C=O) groups excluding carboxylic acids is 2. The monoisotopic (exact) mass is 663 g/mol. The Balaban J connectivity index is 1.12. The van der Waals surface area contributed by atoms with Crippen LogP contribution in [0.3, 0.4) is 0 Å². The summed E-state index contributed by atoms with van der Waals surface area (Å²) in [7, 11) is 0. The second-order valence-electron chi connectivity index (χ2n) is 11.6. The molecule has 2 amide bonds. The lowest BCUT2D eigenvalue weighted by Gasteiger charge is -2.16. The van der Waals surface area contributed by atoms with Crippen molar-refractivity contribution < 1.29 is 27.5 Å². The van der Waals surface area contributed by atoms with Gasteiger partial charge in [-0.2, -0.15) is 4.99 Å². The molecule has 1 aliphatic heterocycles. The van der Waals surface area contributed by atoms with Crippen LogP contribution in [0.15, 0.2) is 78.0 Å². The van der Waals surface area contributed by atoms with E-state index in [4.69, 9.17) is 0 Å². The molecule has 4 aromatic rings. The molecule has 1 aromatic heterocycles. The van der Waals surface area contributed by atoms with E-state index < -0.39 is 18.3 Å². The van der Waals surface area contributed by atoms with Crippen molar-refractivity contribution in [2.45, 2.75) is 71.2 Å². The summed E-state index contributed by atoms with van der Waals surface area (Å²) in [4.78, 5) is 34.4. The molecule has 1 fully saturated rings. The Morgan fingerprint density at radius 3 is 2.55 bits per heavy atom. The van der Waals surface area contributed by atoms with Crippen LogP contribution in [-0.4, -0.2) is 49.8 Å². The first kappa shape index (κ1) is 33.9. The van der Waals surface area contributed by atoms with Crippen molar-refractivity contribution >= 4 is 28.6 Å². The fourth-order valence-corrected chi connectivity index (χ4v) is 6.53. The number of rotatable bonds is 11. The molecule has 246 valence electrons. The van der Waals surface area contributed by atoms with E-state index in [1.165, 1.54) is 47.0 Å². The Morgan fingerprint density at radius 2 is 1.85 bits per heavy atom. The van der Waals surface area contributed by atoms with Gasteiger partial charge in [0.25, 0.3) is 0 Å². The largest absolute Gasteiger partial charge is 0.573 e. The number of benzene rings is 3. The molecular formula is C35H36F3N5O3S. The molecular weight excluding hydrogens is 627 g/mol. The van der Waals surface area contributed by atoms with Gasteiger partial charge in [0.2, 0.25) is 0 Å². The van der Waals surface area contributed by atoms with Gasteiger partial charge in [0.15, 0.2) is 11.6 Å². The van der Waals surface area contributed by atoms with E-state index in [1.807, 2.05) is 44.2 Å². The van der Waals surface area contributed by atoms with Gasteiger partial charge < -0.3 is 10.1 Å². The fraction of sp³-hybridized carbons (Fsp3) is 0.343. The first-order chi connectivity index (χ1) is 22.5. The van der Waals surface area contributed by atoms with Gasteiger partial charge in [0.05, 0.1) is 22.4 Å². The first-order valence-corrected chi connectivity index (χ1v) is 16.5. The van der Waals surface area contributed by atoms with E-state index in [9.17, 15) is 22.8 Å². The van der Waals surface area contributed by atoms with Gasteiger partial charge in [-0.25, -0.2) is 14.5 Å². The summed E-state index contributed by atoms with van der Waals surface area (Å²) in [6.45, 7) is 6.06. The van der Waals surface area contributed by atoms with E-state index in [2.05, 4.69) is 44.2 Å². The Hall–Kier alpha value is -4.45. The molecule has 0 bridgehead atoms. The Labute approximate surface area is 275 Å². The summed E-state index contributed by atoms with van der Waals surface area (Å²) in [6, 6.07) is 18.9. The number of halogens is 3. The molecule has 12 heteroatoms. The summed E-state index contributed by atoms with van der Waals surface area (Å²) >= 11 is 1.35. The minimum absolute atomic E-state index is 0.0841. The topological polar surface area (TPSA) is 98.5 Å². The smallest absolute Gasteiger partial charge is 0.406 e. The van der Waals surface area contributed by atoms with Crippen LogP contribution in [-0.2, 0) is 17.6 Å². The molecule has 2 unspecified atom stereocenters. The van der Waals surface area contributed by atoms with E-state index in [0.29, 0.717) is 22.3 Å². The van der Waals surface area contributed by atoms with Crippen molar-refractivity contribution in [3.8, 4) is 22.8 Å². The average molecular weight is 664 g/mol. The molecule has 1 saturated heterocycles. The molecule has 2 atom stereocenters. The molecule has 0 saturated carbocycles. The van der Waals surface area contributed by atoms with Crippen LogP contribution in [0.5, 0.6) is 5.75 Å². The lowest BCUT2D eigenvalue weighted by Crippen LogP contribution is -2.31. The fourth-order valence-electron chi connectivity index (χ4n) is 5.50. The number of ketones is 1. The zero-order valence-corrected chi connectivity index (χ0v) is 27.2. The number of carbonyl (C=O) groups is 2. The average Bonchev–Trinajstić information content (AvgIpc) is 3.65. The van der Waals surface area contributed by atoms with Gasteiger partial charge >= 0.3 is 12.4 Å². The Kier molecular flexibility index (Phi) is 10.8. The number of nitrogens with one attached hydrogen (secondary N) is 1. The molecule has 1 aliphatic rings. The highest BCUT2D eigenvalue weighted by Gasteiger charge is 2.35. The van der Waals surface area contributed by atoms with Gasteiger partial charge in [0.1, 0.15) is 12.1 Å². The number of urea groups is 1. The van der Waals surface area contributed by atoms with E-state index in [1.54, 1.807) is 0 Å². The lowest BCUT2D eigenvalue weighted by atomic mass is 9.89. The van der Waals surface area contributed by atoms with Gasteiger partial charge in [-0.05, 0) is 80.5 Å². The van der Waals surface area contributed by atoms with Gasteiger partial charge in [-0.15, -0.1) is 30.0 Å². The summed E-state index contributed by atoms with van der Waals surface area (Å²) in [5.41, 5.74) is 5.64. The number of aryl methyl sites for hydroxylation is 3. The number of hydrogen-bond acceptors (Lipinski definition) is 6. The number of hydrogen-bond donors (Lipinski definition) is 1. The maximum atomic E-state index is 12.9. The van der Waals surface area contributed by atoms with Crippen LogP contribution < -0.4 is 10.1 Å². The van der Waals surface area contributed by atoms with Crippen molar-refractivity contribution in [2.75, 3.05) is 5.75 Å². The van der Waals surface area contributed by atoms with Crippen molar-refractivity contribution in [3.05, 3.63) is 95.3 Å². The molecule has 0 radical (unpaired) electrons. The zero-order valence-electron chi connectivity index (χ0n) is 26.4. The third-order valence-electron chi connectivity index (χ3n) is 7.79. The maximum Gasteiger partial charge on any atom is 0.573 e. The maximum absolute atomic E-state index is 12.9. The number of amides is 2. The molecule has 3 aromatic carbocycles. The number of nitrogens with zero attached hydrogens (tertiary/aromatic N) is 4. The molecule has 0 spiro atoms. The van der Waals surface area contributed by atoms with E-state index in [-0.39, 0.29) is 17.6 Å². The van der Waals surface area contributed by atoms with Gasteiger partial charge in [-0.1, -0.05) is 61.4 Å². The van der Waals surface area contributed by atoms with Crippen LogP contribution in [0.2, 0.25) is 0 Å². The highest BCUT2D eigenvalue weighted by Crippen LogP contribution is 2.35. The molecule has 8 nitrogen and oxygen atoms in total. The lowest BCUT2D eigenvalue weighted by molar-refractivity contribution is -0.274. The first-order valence-electron chi connectivity index (χ1n) is 15.5. The summed E-state index contributed by atoms with van der Waals surface area (Å²) < 4.78 is 42.7. The Bertz CT molecular complexity index is 1740.